The van der Waals surface area contributed by atoms with Gasteiger partial charge in [-0.3, -0.25) is 9.52 Å². The summed E-state index contributed by atoms with van der Waals surface area (Å²) >= 11 is 0. The van der Waals surface area contributed by atoms with Crippen LogP contribution in [0.3, 0.4) is 0 Å². The minimum Gasteiger partial charge on any atom is -0.326 e. The van der Waals surface area contributed by atoms with Crippen molar-refractivity contribution in [2.45, 2.75) is 37.0 Å². The van der Waals surface area contributed by atoms with Gasteiger partial charge in [0.05, 0.1) is 10.8 Å². The number of aryl methyl sites for hydroxylation is 2. The summed E-state index contributed by atoms with van der Waals surface area (Å²) in [5.41, 5.74) is 4.42. The van der Waals surface area contributed by atoms with Crippen molar-refractivity contribution in [1.82, 2.24) is 0 Å². The summed E-state index contributed by atoms with van der Waals surface area (Å²) in [5, 5.41) is 2.96. The molecule has 154 valence electrons. The van der Waals surface area contributed by atoms with Gasteiger partial charge in [-0.05, 0) is 73.7 Å². The molecule has 30 heavy (non-hydrogen) atoms. The lowest BCUT2D eigenvalue weighted by Crippen LogP contribution is -2.24. The topological polar surface area (TPSA) is 75.3 Å². The Morgan fingerprint density at radius 2 is 1.57 bits per heavy atom. The summed E-state index contributed by atoms with van der Waals surface area (Å²) in [6.07, 6.45) is 2.84. The Hall–Kier alpha value is -3.12. The molecule has 5 nitrogen and oxygen atoms in total. The van der Waals surface area contributed by atoms with Crippen molar-refractivity contribution < 1.29 is 13.2 Å². The van der Waals surface area contributed by atoms with Crippen LogP contribution in [-0.2, 0) is 21.2 Å². The van der Waals surface area contributed by atoms with Crippen LogP contribution >= 0.6 is 0 Å². The van der Waals surface area contributed by atoms with Gasteiger partial charge in [0.15, 0.2) is 0 Å². The quantitative estimate of drug-likeness (QED) is 0.619. The van der Waals surface area contributed by atoms with Gasteiger partial charge in [-0.25, -0.2) is 8.42 Å². The molecule has 0 aliphatic heterocycles. The van der Waals surface area contributed by atoms with E-state index in [9.17, 15) is 13.2 Å². The molecule has 1 unspecified atom stereocenters. The van der Waals surface area contributed by atoms with Crippen molar-refractivity contribution in [2.75, 3.05) is 10.0 Å². The highest BCUT2D eigenvalue weighted by atomic mass is 32.2. The Kier molecular flexibility index (Phi) is 5.59. The molecule has 0 aromatic heterocycles. The summed E-state index contributed by atoms with van der Waals surface area (Å²) < 4.78 is 27.6. The van der Waals surface area contributed by atoms with Gasteiger partial charge >= 0.3 is 0 Å². The standard InChI is InChI=1S/C24H24N2O3S/c1-17-9-15-21(16-10-17)30(28,29)26-20-13-11-19(12-14-20)25-24(27)23-8-4-6-18-5-2-3-7-22(18)23/h2-3,5,7,9-16,23,26H,4,6,8H2,1H3,(H,25,27). The van der Waals surface area contributed by atoms with Crippen molar-refractivity contribution in [3.8, 4) is 0 Å². The Balaban J connectivity index is 1.44. The molecule has 1 atom stereocenters. The van der Waals surface area contributed by atoms with Crippen LogP contribution in [0.4, 0.5) is 11.4 Å². The fourth-order valence-corrected chi connectivity index (χ4v) is 4.87. The summed E-state index contributed by atoms with van der Waals surface area (Å²) in [6, 6.07) is 21.5. The zero-order valence-electron chi connectivity index (χ0n) is 16.8. The molecular weight excluding hydrogens is 396 g/mol. The van der Waals surface area contributed by atoms with Gasteiger partial charge < -0.3 is 5.32 Å². The number of sulfonamides is 1. The van der Waals surface area contributed by atoms with E-state index in [1.165, 1.54) is 5.56 Å². The highest BCUT2D eigenvalue weighted by molar-refractivity contribution is 7.92. The molecule has 1 aliphatic carbocycles. The van der Waals surface area contributed by atoms with E-state index in [2.05, 4.69) is 16.1 Å². The zero-order valence-corrected chi connectivity index (χ0v) is 17.6. The van der Waals surface area contributed by atoms with E-state index in [-0.39, 0.29) is 16.7 Å². The zero-order chi connectivity index (χ0) is 21.1. The molecule has 0 bridgehead atoms. The molecule has 4 rings (SSSR count). The largest absolute Gasteiger partial charge is 0.326 e. The minimum atomic E-state index is -3.65. The van der Waals surface area contributed by atoms with Gasteiger partial charge in [-0.1, -0.05) is 42.0 Å². The summed E-state index contributed by atoms with van der Waals surface area (Å²) in [7, 11) is -3.65. The Bertz CT molecular complexity index is 1150. The SMILES string of the molecule is Cc1ccc(S(=O)(=O)Nc2ccc(NC(=O)C3CCCc4ccccc43)cc2)cc1. The Morgan fingerprint density at radius 3 is 2.30 bits per heavy atom. The van der Waals surface area contributed by atoms with Crippen LogP contribution in [0.1, 0.15) is 35.4 Å². The Morgan fingerprint density at radius 1 is 0.900 bits per heavy atom. The van der Waals surface area contributed by atoms with E-state index < -0.39 is 10.0 Å². The van der Waals surface area contributed by atoms with Crippen LogP contribution in [0.15, 0.2) is 77.7 Å². The fourth-order valence-electron chi connectivity index (χ4n) is 3.81. The van der Waals surface area contributed by atoms with E-state index in [1.807, 2.05) is 25.1 Å². The number of hydrogen-bond donors (Lipinski definition) is 2. The number of fused-ring (bicyclic) bond motifs is 1. The minimum absolute atomic E-state index is 0.0323. The molecule has 0 radical (unpaired) electrons. The van der Waals surface area contributed by atoms with Crippen molar-refractivity contribution in [2.24, 2.45) is 0 Å². The first-order valence-corrected chi connectivity index (χ1v) is 11.5. The molecule has 0 saturated heterocycles. The number of benzene rings is 3. The molecule has 0 fully saturated rings. The van der Waals surface area contributed by atoms with Crippen LogP contribution in [0, 0.1) is 6.92 Å². The molecule has 0 spiro atoms. The first-order valence-electron chi connectivity index (χ1n) is 10.0. The lowest BCUT2D eigenvalue weighted by atomic mass is 9.82. The number of hydrogen-bond acceptors (Lipinski definition) is 3. The van der Waals surface area contributed by atoms with Gasteiger partial charge in [-0.15, -0.1) is 0 Å². The second-order valence-electron chi connectivity index (χ2n) is 7.63. The number of anilines is 2. The number of carbonyl (C=O) groups is 1. The molecule has 1 amide bonds. The highest BCUT2D eigenvalue weighted by Gasteiger charge is 2.26. The van der Waals surface area contributed by atoms with Gasteiger partial charge in [-0.2, -0.15) is 0 Å². The van der Waals surface area contributed by atoms with Crippen LogP contribution < -0.4 is 10.0 Å². The predicted molar refractivity (Wildman–Crippen MR) is 119 cm³/mol. The normalized spacial score (nSPS) is 15.8. The van der Waals surface area contributed by atoms with Crippen LogP contribution in [-0.4, -0.2) is 14.3 Å². The Labute approximate surface area is 177 Å². The first kappa shape index (κ1) is 20.2. The maximum atomic E-state index is 12.8. The number of carbonyl (C=O) groups excluding carboxylic acids is 1. The van der Waals surface area contributed by atoms with Gasteiger partial charge in [0, 0.05) is 11.4 Å². The van der Waals surface area contributed by atoms with E-state index in [0.29, 0.717) is 11.4 Å². The van der Waals surface area contributed by atoms with E-state index >= 15 is 0 Å². The average molecular weight is 421 g/mol. The van der Waals surface area contributed by atoms with Crippen molar-refractivity contribution in [3.63, 3.8) is 0 Å². The van der Waals surface area contributed by atoms with E-state index in [0.717, 1.165) is 30.4 Å². The second-order valence-corrected chi connectivity index (χ2v) is 9.31. The fraction of sp³-hybridized carbons (Fsp3) is 0.208. The smallest absolute Gasteiger partial charge is 0.261 e. The average Bonchev–Trinajstić information content (AvgIpc) is 2.75. The number of rotatable bonds is 5. The van der Waals surface area contributed by atoms with E-state index in [4.69, 9.17) is 0 Å². The maximum Gasteiger partial charge on any atom is 0.261 e. The third-order valence-electron chi connectivity index (χ3n) is 5.42. The molecule has 0 saturated carbocycles. The van der Waals surface area contributed by atoms with Crippen molar-refractivity contribution >= 4 is 27.3 Å². The third kappa shape index (κ3) is 4.39. The lowest BCUT2D eigenvalue weighted by Gasteiger charge is -2.24. The monoisotopic (exact) mass is 420 g/mol. The van der Waals surface area contributed by atoms with Crippen LogP contribution in [0.5, 0.6) is 0 Å². The first-order chi connectivity index (χ1) is 14.4. The van der Waals surface area contributed by atoms with Gasteiger partial charge in [0.25, 0.3) is 10.0 Å². The van der Waals surface area contributed by atoms with Crippen LogP contribution in [0.25, 0.3) is 0 Å². The molecule has 3 aromatic rings. The summed E-state index contributed by atoms with van der Waals surface area (Å²) in [5.74, 6) is -0.190. The number of nitrogens with one attached hydrogen (secondary N) is 2. The number of amides is 1. The molecule has 2 N–H and O–H groups in total. The lowest BCUT2D eigenvalue weighted by molar-refractivity contribution is -0.117. The predicted octanol–water partition coefficient (Wildman–Crippen LogP) is 4.85. The summed E-state index contributed by atoms with van der Waals surface area (Å²) in [6.45, 7) is 1.91. The van der Waals surface area contributed by atoms with Gasteiger partial charge in [0.2, 0.25) is 5.91 Å². The van der Waals surface area contributed by atoms with Crippen LogP contribution in [0.2, 0.25) is 0 Å². The maximum absolute atomic E-state index is 12.8. The third-order valence-corrected chi connectivity index (χ3v) is 6.82. The van der Waals surface area contributed by atoms with Crippen molar-refractivity contribution in [3.05, 3.63) is 89.5 Å². The van der Waals surface area contributed by atoms with Gasteiger partial charge in [0.1, 0.15) is 0 Å². The highest BCUT2D eigenvalue weighted by Crippen LogP contribution is 2.32. The molecule has 1 aliphatic rings. The molecule has 0 heterocycles. The second kappa shape index (κ2) is 8.32. The van der Waals surface area contributed by atoms with Crippen molar-refractivity contribution in [1.29, 1.82) is 0 Å². The summed E-state index contributed by atoms with van der Waals surface area (Å²) in [4.78, 5) is 13.0. The molecular formula is C24H24N2O3S. The van der Waals surface area contributed by atoms with E-state index in [1.54, 1.807) is 48.5 Å². The molecule has 6 heteroatoms. The molecule has 3 aromatic carbocycles.